The standard InChI is InChI=1S/C12H17NO3/c1-8-5-10(7-13-12(14)16-4)11(15-3)6-9(8)2/h5-6H,7H2,1-4H3,(H,13,14). The van der Waals surface area contributed by atoms with Crippen LogP contribution in [0.1, 0.15) is 16.7 Å². The van der Waals surface area contributed by atoms with E-state index in [2.05, 4.69) is 10.1 Å². The molecule has 0 aromatic heterocycles. The van der Waals surface area contributed by atoms with Crippen molar-refractivity contribution in [1.82, 2.24) is 5.32 Å². The quantitative estimate of drug-likeness (QED) is 0.854. The van der Waals surface area contributed by atoms with Crippen LogP contribution in [0.5, 0.6) is 5.75 Å². The van der Waals surface area contributed by atoms with Crippen molar-refractivity contribution in [1.29, 1.82) is 0 Å². The molecule has 0 aliphatic rings. The summed E-state index contributed by atoms with van der Waals surface area (Å²) in [4.78, 5) is 11.0. The van der Waals surface area contributed by atoms with E-state index in [-0.39, 0.29) is 0 Å². The van der Waals surface area contributed by atoms with Crippen molar-refractivity contribution in [2.45, 2.75) is 20.4 Å². The minimum atomic E-state index is -0.444. The van der Waals surface area contributed by atoms with Crippen LogP contribution in [0.2, 0.25) is 0 Å². The van der Waals surface area contributed by atoms with Gasteiger partial charge in [-0.3, -0.25) is 0 Å². The molecule has 0 saturated heterocycles. The molecular formula is C12H17NO3. The van der Waals surface area contributed by atoms with Gasteiger partial charge >= 0.3 is 6.09 Å². The van der Waals surface area contributed by atoms with Crippen molar-refractivity contribution in [2.24, 2.45) is 0 Å². The van der Waals surface area contributed by atoms with Crippen LogP contribution in [-0.4, -0.2) is 20.3 Å². The van der Waals surface area contributed by atoms with Crippen molar-refractivity contribution in [3.63, 3.8) is 0 Å². The summed E-state index contributed by atoms with van der Waals surface area (Å²) in [5.41, 5.74) is 3.28. The highest BCUT2D eigenvalue weighted by atomic mass is 16.5. The second kappa shape index (κ2) is 5.39. The predicted octanol–water partition coefficient (Wildman–Crippen LogP) is 2.17. The molecule has 1 aromatic carbocycles. The SMILES string of the molecule is COC(=O)NCc1cc(C)c(C)cc1OC. The van der Waals surface area contributed by atoms with E-state index in [1.165, 1.54) is 18.2 Å². The molecule has 0 radical (unpaired) electrons. The fraction of sp³-hybridized carbons (Fsp3) is 0.417. The van der Waals surface area contributed by atoms with Crippen molar-refractivity contribution >= 4 is 6.09 Å². The monoisotopic (exact) mass is 223 g/mol. The zero-order valence-corrected chi connectivity index (χ0v) is 10.1. The summed E-state index contributed by atoms with van der Waals surface area (Å²) >= 11 is 0. The van der Waals surface area contributed by atoms with Crippen LogP contribution >= 0.6 is 0 Å². The number of carbonyl (C=O) groups excluding carboxylic acids is 1. The third-order valence-corrected chi connectivity index (χ3v) is 2.51. The number of amides is 1. The summed E-state index contributed by atoms with van der Waals surface area (Å²) in [5.74, 6) is 0.777. The number of methoxy groups -OCH3 is 2. The fourth-order valence-electron chi connectivity index (χ4n) is 1.42. The van der Waals surface area contributed by atoms with E-state index < -0.39 is 6.09 Å². The highest BCUT2D eigenvalue weighted by Crippen LogP contribution is 2.22. The maximum Gasteiger partial charge on any atom is 0.407 e. The van der Waals surface area contributed by atoms with E-state index in [0.717, 1.165) is 11.3 Å². The second-order valence-electron chi connectivity index (χ2n) is 3.59. The number of aryl methyl sites for hydroxylation is 2. The Bertz CT molecular complexity index is 388. The zero-order valence-electron chi connectivity index (χ0n) is 10.1. The van der Waals surface area contributed by atoms with Gasteiger partial charge < -0.3 is 14.8 Å². The first kappa shape index (κ1) is 12.4. The van der Waals surface area contributed by atoms with Gasteiger partial charge in [0.15, 0.2) is 0 Å². The van der Waals surface area contributed by atoms with Crippen LogP contribution in [0.25, 0.3) is 0 Å². The maximum absolute atomic E-state index is 11.0. The molecule has 0 atom stereocenters. The Morgan fingerprint density at radius 1 is 1.25 bits per heavy atom. The van der Waals surface area contributed by atoms with Crippen LogP contribution in [0.4, 0.5) is 4.79 Å². The first-order valence-electron chi connectivity index (χ1n) is 5.04. The van der Waals surface area contributed by atoms with Crippen molar-refractivity contribution in [3.8, 4) is 5.75 Å². The predicted molar refractivity (Wildman–Crippen MR) is 61.7 cm³/mol. The molecule has 0 aliphatic heterocycles. The summed E-state index contributed by atoms with van der Waals surface area (Å²) < 4.78 is 9.76. The molecule has 1 N–H and O–H groups in total. The maximum atomic E-state index is 11.0. The molecule has 0 aliphatic carbocycles. The van der Waals surface area contributed by atoms with E-state index >= 15 is 0 Å². The van der Waals surface area contributed by atoms with Crippen LogP contribution in [-0.2, 0) is 11.3 Å². The van der Waals surface area contributed by atoms with Gasteiger partial charge in [0.1, 0.15) is 5.75 Å². The van der Waals surface area contributed by atoms with Crippen molar-refractivity contribution < 1.29 is 14.3 Å². The minimum absolute atomic E-state index is 0.400. The van der Waals surface area contributed by atoms with Crippen LogP contribution in [0.3, 0.4) is 0 Å². The number of hydrogen-bond donors (Lipinski definition) is 1. The summed E-state index contributed by atoms with van der Waals surface area (Å²) in [6.45, 7) is 4.45. The summed E-state index contributed by atoms with van der Waals surface area (Å²) in [6.07, 6.45) is -0.444. The Morgan fingerprint density at radius 2 is 1.88 bits per heavy atom. The molecule has 0 unspecified atom stereocenters. The number of hydrogen-bond acceptors (Lipinski definition) is 3. The number of nitrogens with one attached hydrogen (secondary N) is 1. The molecule has 16 heavy (non-hydrogen) atoms. The smallest absolute Gasteiger partial charge is 0.407 e. The Balaban J connectivity index is 2.86. The third-order valence-electron chi connectivity index (χ3n) is 2.51. The number of rotatable bonds is 3. The van der Waals surface area contributed by atoms with Gasteiger partial charge in [0.2, 0.25) is 0 Å². The molecule has 4 nitrogen and oxygen atoms in total. The largest absolute Gasteiger partial charge is 0.496 e. The molecule has 88 valence electrons. The van der Waals surface area contributed by atoms with Gasteiger partial charge in [-0.1, -0.05) is 6.07 Å². The summed E-state index contributed by atoms with van der Waals surface area (Å²) in [7, 11) is 2.96. The Hall–Kier alpha value is -1.71. The third kappa shape index (κ3) is 2.89. The molecule has 4 heteroatoms. The van der Waals surface area contributed by atoms with Gasteiger partial charge in [-0.2, -0.15) is 0 Å². The number of benzene rings is 1. The lowest BCUT2D eigenvalue weighted by Gasteiger charge is -2.12. The molecule has 1 rings (SSSR count). The molecule has 1 aromatic rings. The average Bonchev–Trinajstić information content (AvgIpc) is 2.29. The highest BCUT2D eigenvalue weighted by Gasteiger charge is 2.07. The van der Waals surface area contributed by atoms with E-state index in [1.54, 1.807) is 7.11 Å². The van der Waals surface area contributed by atoms with Gasteiger partial charge in [0, 0.05) is 12.1 Å². The fourth-order valence-corrected chi connectivity index (χ4v) is 1.42. The van der Waals surface area contributed by atoms with Gasteiger partial charge in [0.25, 0.3) is 0 Å². The second-order valence-corrected chi connectivity index (χ2v) is 3.59. The van der Waals surface area contributed by atoms with Crippen molar-refractivity contribution in [2.75, 3.05) is 14.2 Å². The topological polar surface area (TPSA) is 47.6 Å². The van der Waals surface area contributed by atoms with Gasteiger partial charge in [-0.25, -0.2) is 4.79 Å². The Labute approximate surface area is 95.6 Å². The Kier molecular flexibility index (Phi) is 4.17. The summed E-state index contributed by atoms with van der Waals surface area (Å²) in [6, 6.07) is 3.97. The summed E-state index contributed by atoms with van der Waals surface area (Å²) in [5, 5.41) is 2.63. The average molecular weight is 223 g/mol. The number of carbonyl (C=O) groups is 1. The van der Waals surface area contributed by atoms with Crippen LogP contribution in [0, 0.1) is 13.8 Å². The molecule has 0 saturated carbocycles. The molecule has 0 bridgehead atoms. The van der Waals surface area contributed by atoms with E-state index in [9.17, 15) is 4.79 Å². The molecular weight excluding hydrogens is 206 g/mol. The zero-order chi connectivity index (χ0) is 12.1. The molecule has 1 amide bonds. The first-order valence-corrected chi connectivity index (χ1v) is 5.04. The molecule has 0 heterocycles. The van der Waals surface area contributed by atoms with Crippen molar-refractivity contribution in [3.05, 3.63) is 28.8 Å². The van der Waals surface area contributed by atoms with Crippen LogP contribution in [0.15, 0.2) is 12.1 Å². The van der Waals surface area contributed by atoms with Crippen LogP contribution < -0.4 is 10.1 Å². The highest BCUT2D eigenvalue weighted by molar-refractivity contribution is 5.67. The molecule has 0 spiro atoms. The first-order chi connectivity index (χ1) is 7.58. The van der Waals surface area contributed by atoms with Gasteiger partial charge in [0.05, 0.1) is 14.2 Å². The van der Waals surface area contributed by atoms with Gasteiger partial charge in [-0.15, -0.1) is 0 Å². The normalized spacial score (nSPS) is 9.75. The minimum Gasteiger partial charge on any atom is -0.496 e. The van der Waals surface area contributed by atoms with E-state index in [0.29, 0.717) is 6.54 Å². The van der Waals surface area contributed by atoms with Gasteiger partial charge in [-0.05, 0) is 31.0 Å². The lowest BCUT2D eigenvalue weighted by molar-refractivity contribution is 0.170. The number of ether oxygens (including phenoxy) is 2. The number of alkyl carbamates (subject to hydrolysis) is 1. The lowest BCUT2D eigenvalue weighted by atomic mass is 10.1. The lowest BCUT2D eigenvalue weighted by Crippen LogP contribution is -2.22. The van der Waals surface area contributed by atoms with E-state index in [4.69, 9.17) is 4.74 Å². The molecule has 0 fully saturated rings. The Morgan fingerprint density at radius 3 is 2.44 bits per heavy atom. The van der Waals surface area contributed by atoms with E-state index in [1.807, 2.05) is 26.0 Å².